The standard InChI is InChI=1S/C21H22N4O2/c1-15-7-4-10-19(16(15)2)27-21-18(9-6-12-23-21)20(24-26)25(3)14-17-8-5-11-22-13-17/h4-13,26H,14H2,1-3H3/b24-20-. The molecule has 0 fully saturated rings. The van der Waals surface area contributed by atoms with Crippen molar-refractivity contribution in [2.24, 2.45) is 5.16 Å². The Bertz CT molecular complexity index is 942. The monoisotopic (exact) mass is 362 g/mol. The highest BCUT2D eigenvalue weighted by molar-refractivity contribution is 6.00. The number of aromatic nitrogens is 2. The molecular formula is C21H22N4O2. The van der Waals surface area contributed by atoms with Gasteiger partial charge in [0, 0.05) is 32.2 Å². The first-order valence-electron chi connectivity index (χ1n) is 8.61. The number of ether oxygens (including phenoxy) is 1. The van der Waals surface area contributed by atoms with E-state index in [2.05, 4.69) is 15.1 Å². The van der Waals surface area contributed by atoms with Gasteiger partial charge in [0.1, 0.15) is 5.75 Å². The Morgan fingerprint density at radius 2 is 1.93 bits per heavy atom. The number of pyridine rings is 2. The van der Waals surface area contributed by atoms with Gasteiger partial charge in [-0.05, 0) is 54.8 Å². The summed E-state index contributed by atoms with van der Waals surface area (Å²) in [6, 6.07) is 13.3. The lowest BCUT2D eigenvalue weighted by Crippen LogP contribution is -2.28. The Labute approximate surface area is 158 Å². The summed E-state index contributed by atoms with van der Waals surface area (Å²) in [5.41, 5.74) is 3.78. The zero-order valence-electron chi connectivity index (χ0n) is 15.6. The van der Waals surface area contributed by atoms with Gasteiger partial charge in [-0.25, -0.2) is 4.98 Å². The molecule has 0 atom stereocenters. The van der Waals surface area contributed by atoms with Crippen molar-refractivity contribution < 1.29 is 9.94 Å². The van der Waals surface area contributed by atoms with E-state index in [0.717, 1.165) is 22.4 Å². The Hall–Kier alpha value is -3.41. The number of rotatable bonds is 5. The fourth-order valence-electron chi connectivity index (χ4n) is 2.76. The van der Waals surface area contributed by atoms with E-state index in [9.17, 15) is 5.21 Å². The molecule has 1 N–H and O–H groups in total. The molecule has 2 aromatic heterocycles. The molecule has 2 heterocycles. The molecule has 6 heteroatoms. The summed E-state index contributed by atoms with van der Waals surface area (Å²) in [6.45, 7) is 4.57. The third-order valence-corrected chi connectivity index (χ3v) is 4.37. The molecular weight excluding hydrogens is 340 g/mol. The topological polar surface area (TPSA) is 70.8 Å². The maximum atomic E-state index is 9.66. The second-order valence-electron chi connectivity index (χ2n) is 6.30. The lowest BCUT2D eigenvalue weighted by molar-refractivity contribution is 0.305. The Morgan fingerprint density at radius 1 is 1.11 bits per heavy atom. The number of oxime groups is 1. The average Bonchev–Trinajstić information content (AvgIpc) is 2.68. The molecule has 0 aliphatic heterocycles. The molecule has 138 valence electrons. The highest BCUT2D eigenvalue weighted by Crippen LogP contribution is 2.28. The fraction of sp³-hybridized carbons (Fsp3) is 0.190. The molecule has 0 saturated carbocycles. The van der Waals surface area contributed by atoms with E-state index in [1.165, 1.54) is 0 Å². The second kappa shape index (κ2) is 8.31. The molecule has 3 aromatic rings. The Kier molecular flexibility index (Phi) is 5.66. The second-order valence-corrected chi connectivity index (χ2v) is 6.30. The summed E-state index contributed by atoms with van der Waals surface area (Å²) >= 11 is 0. The van der Waals surface area contributed by atoms with Crippen LogP contribution < -0.4 is 4.74 Å². The predicted octanol–water partition coefficient (Wildman–Crippen LogP) is 4.15. The quantitative estimate of drug-likeness (QED) is 0.319. The molecule has 0 aliphatic rings. The van der Waals surface area contributed by atoms with Gasteiger partial charge in [-0.15, -0.1) is 0 Å². The predicted molar refractivity (Wildman–Crippen MR) is 104 cm³/mol. The van der Waals surface area contributed by atoms with Crippen molar-refractivity contribution in [3.63, 3.8) is 0 Å². The van der Waals surface area contributed by atoms with Gasteiger partial charge in [-0.3, -0.25) is 4.98 Å². The van der Waals surface area contributed by atoms with Gasteiger partial charge >= 0.3 is 0 Å². The van der Waals surface area contributed by atoms with Crippen molar-refractivity contribution in [3.8, 4) is 11.6 Å². The van der Waals surface area contributed by atoms with Crippen LogP contribution in [0.15, 0.2) is 66.2 Å². The molecule has 0 radical (unpaired) electrons. The molecule has 1 aromatic carbocycles. The van der Waals surface area contributed by atoms with Crippen molar-refractivity contribution in [1.82, 2.24) is 14.9 Å². The highest BCUT2D eigenvalue weighted by Gasteiger charge is 2.18. The van der Waals surface area contributed by atoms with Crippen molar-refractivity contribution >= 4 is 5.84 Å². The highest BCUT2D eigenvalue weighted by atomic mass is 16.5. The van der Waals surface area contributed by atoms with Gasteiger partial charge in [0.25, 0.3) is 0 Å². The minimum Gasteiger partial charge on any atom is -0.438 e. The fourth-order valence-corrected chi connectivity index (χ4v) is 2.76. The van der Waals surface area contributed by atoms with Crippen molar-refractivity contribution in [3.05, 3.63) is 83.3 Å². The van der Waals surface area contributed by atoms with Crippen LogP contribution in [0.25, 0.3) is 0 Å². The molecule has 6 nitrogen and oxygen atoms in total. The van der Waals surface area contributed by atoms with Crippen LogP contribution in [0.5, 0.6) is 11.6 Å². The van der Waals surface area contributed by atoms with Gasteiger partial charge in [0.05, 0.1) is 5.56 Å². The van der Waals surface area contributed by atoms with E-state index < -0.39 is 0 Å². The van der Waals surface area contributed by atoms with E-state index in [0.29, 0.717) is 23.8 Å². The number of amidine groups is 1. The van der Waals surface area contributed by atoms with Crippen LogP contribution in [0.1, 0.15) is 22.3 Å². The van der Waals surface area contributed by atoms with Gasteiger partial charge in [-0.1, -0.05) is 23.4 Å². The third kappa shape index (κ3) is 4.23. The van der Waals surface area contributed by atoms with Crippen molar-refractivity contribution in [2.75, 3.05) is 7.05 Å². The van der Waals surface area contributed by atoms with Crippen LogP contribution in [0.4, 0.5) is 0 Å². The van der Waals surface area contributed by atoms with E-state index in [1.807, 2.05) is 62.2 Å². The summed E-state index contributed by atoms with van der Waals surface area (Å²) in [5.74, 6) is 1.48. The minimum atomic E-state index is 0.368. The molecule has 0 aliphatic carbocycles. The largest absolute Gasteiger partial charge is 0.438 e. The van der Waals surface area contributed by atoms with Crippen LogP contribution in [-0.4, -0.2) is 33.0 Å². The lowest BCUT2D eigenvalue weighted by Gasteiger charge is -2.21. The van der Waals surface area contributed by atoms with Gasteiger partial charge in [0.15, 0.2) is 5.84 Å². The first-order chi connectivity index (χ1) is 13.1. The molecule has 0 bridgehead atoms. The van der Waals surface area contributed by atoms with Crippen LogP contribution in [0, 0.1) is 13.8 Å². The SMILES string of the molecule is Cc1cccc(Oc2ncccc2/C(=N/O)N(C)Cc2cccnc2)c1C. The first-order valence-corrected chi connectivity index (χ1v) is 8.61. The van der Waals surface area contributed by atoms with Crippen LogP contribution in [0.2, 0.25) is 0 Å². The Morgan fingerprint density at radius 3 is 2.67 bits per heavy atom. The number of nitrogens with zero attached hydrogens (tertiary/aromatic N) is 4. The summed E-state index contributed by atoms with van der Waals surface area (Å²) in [6.07, 6.45) is 5.16. The summed E-state index contributed by atoms with van der Waals surface area (Å²) < 4.78 is 6.06. The van der Waals surface area contributed by atoms with Crippen LogP contribution >= 0.6 is 0 Å². The van der Waals surface area contributed by atoms with Gasteiger partial charge in [-0.2, -0.15) is 0 Å². The molecule has 0 amide bonds. The Balaban J connectivity index is 1.90. The van der Waals surface area contributed by atoms with Gasteiger partial charge in [0.2, 0.25) is 5.88 Å². The maximum absolute atomic E-state index is 9.66. The molecule has 0 unspecified atom stereocenters. The van der Waals surface area contributed by atoms with Crippen LogP contribution in [-0.2, 0) is 6.54 Å². The van der Waals surface area contributed by atoms with E-state index in [-0.39, 0.29) is 0 Å². The average molecular weight is 362 g/mol. The lowest BCUT2D eigenvalue weighted by atomic mass is 10.1. The zero-order valence-corrected chi connectivity index (χ0v) is 15.6. The minimum absolute atomic E-state index is 0.368. The number of hydrogen-bond acceptors (Lipinski definition) is 5. The maximum Gasteiger partial charge on any atom is 0.230 e. The zero-order chi connectivity index (χ0) is 19.2. The van der Waals surface area contributed by atoms with E-state index in [1.54, 1.807) is 24.7 Å². The molecule has 3 rings (SSSR count). The first kappa shape index (κ1) is 18.4. The van der Waals surface area contributed by atoms with Crippen molar-refractivity contribution in [1.29, 1.82) is 0 Å². The number of hydrogen-bond donors (Lipinski definition) is 1. The van der Waals surface area contributed by atoms with Crippen molar-refractivity contribution in [2.45, 2.75) is 20.4 Å². The molecule has 27 heavy (non-hydrogen) atoms. The molecule has 0 saturated heterocycles. The normalized spacial score (nSPS) is 11.3. The number of benzene rings is 1. The van der Waals surface area contributed by atoms with E-state index >= 15 is 0 Å². The third-order valence-electron chi connectivity index (χ3n) is 4.37. The van der Waals surface area contributed by atoms with Crippen LogP contribution in [0.3, 0.4) is 0 Å². The van der Waals surface area contributed by atoms with Gasteiger partial charge < -0.3 is 14.8 Å². The molecule has 0 spiro atoms. The summed E-state index contributed by atoms with van der Waals surface area (Å²) in [5, 5.41) is 13.2. The summed E-state index contributed by atoms with van der Waals surface area (Å²) in [4.78, 5) is 10.3. The smallest absolute Gasteiger partial charge is 0.230 e. The number of aryl methyl sites for hydroxylation is 1. The summed E-state index contributed by atoms with van der Waals surface area (Å²) in [7, 11) is 1.84. The van der Waals surface area contributed by atoms with E-state index in [4.69, 9.17) is 4.74 Å².